The fourth-order valence-corrected chi connectivity index (χ4v) is 3.56. The van der Waals surface area contributed by atoms with Gasteiger partial charge in [0, 0.05) is 11.3 Å². The Balaban J connectivity index is 0.00000171. The second-order valence-electron chi connectivity index (χ2n) is 7.26. The lowest BCUT2D eigenvalue weighted by Gasteiger charge is -2.09. The fraction of sp³-hybridized carbons (Fsp3) is 0.167. The van der Waals surface area contributed by atoms with E-state index >= 15 is 0 Å². The van der Waals surface area contributed by atoms with Crippen LogP contribution in [-0.2, 0) is 4.79 Å². The molecule has 4 aromatic carbocycles. The summed E-state index contributed by atoms with van der Waals surface area (Å²) in [4.78, 5) is 23.5. The quantitative estimate of drug-likeness (QED) is 0.280. The van der Waals surface area contributed by atoms with Crippen LogP contribution >= 0.6 is 24.8 Å². The molecule has 0 unspecified atom stereocenters. The van der Waals surface area contributed by atoms with Crippen LogP contribution in [0.1, 0.15) is 23.7 Å². The number of hydrogen-bond acceptors (Lipinski definition) is 3. The Morgan fingerprint density at radius 1 is 0.774 bits per heavy atom. The summed E-state index contributed by atoms with van der Waals surface area (Å²) in [5.41, 5.74) is 6.68. The first-order valence-corrected chi connectivity index (χ1v) is 9.75. The summed E-state index contributed by atoms with van der Waals surface area (Å²) in [7, 11) is 0. The minimum Gasteiger partial charge on any atom is -0.366 e. The van der Waals surface area contributed by atoms with Gasteiger partial charge in [0.15, 0.2) is 0 Å². The molecule has 162 valence electrons. The molecule has 0 saturated heterocycles. The second kappa shape index (κ2) is 10.4. The van der Waals surface area contributed by atoms with Crippen molar-refractivity contribution in [2.24, 2.45) is 5.73 Å². The smallest absolute Gasteiger partial charge is 0.248 e. The molecule has 31 heavy (non-hydrogen) atoms. The molecule has 0 atom stereocenters. The molecule has 0 bridgehead atoms. The third kappa shape index (κ3) is 5.44. The third-order valence-electron chi connectivity index (χ3n) is 5.03. The van der Waals surface area contributed by atoms with Gasteiger partial charge in [-0.3, -0.25) is 9.59 Å². The number of hydrogen-bond donors (Lipinski definition) is 3. The second-order valence-corrected chi connectivity index (χ2v) is 7.26. The highest BCUT2D eigenvalue weighted by Crippen LogP contribution is 2.29. The van der Waals surface area contributed by atoms with Crippen molar-refractivity contribution in [3.63, 3.8) is 0 Å². The summed E-state index contributed by atoms with van der Waals surface area (Å²) < 4.78 is 0. The first-order valence-electron chi connectivity index (χ1n) is 9.75. The van der Waals surface area contributed by atoms with E-state index in [9.17, 15) is 9.59 Å². The predicted molar refractivity (Wildman–Crippen MR) is 134 cm³/mol. The number of nitrogens with one attached hydrogen (secondary N) is 2. The Morgan fingerprint density at radius 2 is 1.32 bits per heavy atom. The molecule has 2 amide bonds. The van der Waals surface area contributed by atoms with Crippen LogP contribution in [0.4, 0.5) is 5.69 Å². The van der Waals surface area contributed by atoms with Gasteiger partial charge in [0.25, 0.3) is 0 Å². The van der Waals surface area contributed by atoms with Crippen molar-refractivity contribution in [3.8, 4) is 0 Å². The van der Waals surface area contributed by atoms with Crippen LogP contribution in [0.25, 0.3) is 32.3 Å². The van der Waals surface area contributed by atoms with Crippen molar-refractivity contribution >= 4 is 74.6 Å². The van der Waals surface area contributed by atoms with Gasteiger partial charge in [-0.05, 0) is 93.8 Å². The lowest BCUT2D eigenvalue weighted by atomic mass is 9.98. The van der Waals surface area contributed by atoms with Gasteiger partial charge in [0.05, 0.1) is 6.54 Å². The number of carbonyl (C=O) groups is 2. The largest absolute Gasteiger partial charge is 0.366 e. The molecule has 0 aromatic heterocycles. The Kier molecular flexibility index (Phi) is 8.22. The summed E-state index contributed by atoms with van der Waals surface area (Å²) in [6, 6.07) is 19.8. The van der Waals surface area contributed by atoms with Gasteiger partial charge in [-0.2, -0.15) is 0 Å². The molecular weight excluding hydrogens is 433 g/mol. The number of benzene rings is 4. The average molecular weight is 458 g/mol. The molecule has 4 aromatic rings. The zero-order valence-corrected chi connectivity index (χ0v) is 18.7. The number of anilines is 1. The molecule has 0 radical (unpaired) electrons. The number of amides is 2. The van der Waals surface area contributed by atoms with E-state index in [1.807, 2.05) is 30.3 Å². The van der Waals surface area contributed by atoms with Crippen molar-refractivity contribution in [2.45, 2.75) is 13.3 Å². The zero-order chi connectivity index (χ0) is 20.4. The SMILES string of the molecule is CCCNCC(=O)Nc1ccc2cc3cc4ccc(C(N)=O)cc4cc3cc2c1.Cl.Cl. The van der Waals surface area contributed by atoms with E-state index in [0.717, 1.165) is 51.0 Å². The van der Waals surface area contributed by atoms with Gasteiger partial charge in [-0.25, -0.2) is 0 Å². The first kappa shape index (κ1) is 24.4. The minimum absolute atomic E-state index is 0. The topological polar surface area (TPSA) is 84.2 Å². The standard InChI is InChI=1S/C24H23N3O2.2ClH/c1-2-7-26-14-23(28)27-22-6-5-16-9-19-8-15-3-4-17(24(25)29)10-18(15)11-20(19)12-21(16)13-22;;/h3-6,8-13,26H,2,7,14H2,1H3,(H2,25,29)(H,27,28);2*1H. The maximum atomic E-state index is 12.1. The maximum absolute atomic E-state index is 12.1. The number of fused-ring (bicyclic) bond motifs is 3. The van der Waals surface area contributed by atoms with Crippen molar-refractivity contribution < 1.29 is 9.59 Å². The molecule has 0 aliphatic heterocycles. The molecular formula is C24H25Cl2N3O2. The van der Waals surface area contributed by atoms with Gasteiger partial charge >= 0.3 is 0 Å². The van der Waals surface area contributed by atoms with Crippen LogP contribution in [0.15, 0.2) is 60.7 Å². The van der Waals surface area contributed by atoms with E-state index in [2.05, 4.69) is 41.8 Å². The van der Waals surface area contributed by atoms with Gasteiger partial charge < -0.3 is 16.4 Å². The van der Waals surface area contributed by atoms with Crippen LogP contribution in [0.3, 0.4) is 0 Å². The predicted octanol–water partition coefficient (Wildman–Crippen LogP) is 5.03. The molecule has 0 aliphatic carbocycles. The lowest BCUT2D eigenvalue weighted by Crippen LogP contribution is -2.28. The van der Waals surface area contributed by atoms with Crippen molar-refractivity contribution in [1.29, 1.82) is 0 Å². The normalized spacial score (nSPS) is 10.5. The number of primary amides is 1. The molecule has 0 fully saturated rings. The van der Waals surface area contributed by atoms with Crippen LogP contribution in [-0.4, -0.2) is 24.9 Å². The zero-order valence-electron chi connectivity index (χ0n) is 17.1. The van der Waals surface area contributed by atoms with Crippen LogP contribution in [0.2, 0.25) is 0 Å². The van der Waals surface area contributed by atoms with Crippen molar-refractivity contribution in [3.05, 3.63) is 66.2 Å². The summed E-state index contributed by atoms with van der Waals surface area (Å²) in [6.45, 7) is 3.19. The Bertz CT molecular complexity index is 1260. The molecule has 7 heteroatoms. The highest BCUT2D eigenvalue weighted by atomic mass is 35.5. The van der Waals surface area contributed by atoms with Gasteiger partial charge in [0.1, 0.15) is 0 Å². The number of carbonyl (C=O) groups excluding carboxylic acids is 2. The Labute approximate surface area is 193 Å². The van der Waals surface area contributed by atoms with E-state index in [-0.39, 0.29) is 30.7 Å². The summed E-state index contributed by atoms with van der Waals surface area (Å²) >= 11 is 0. The summed E-state index contributed by atoms with van der Waals surface area (Å²) in [5, 5.41) is 12.4. The lowest BCUT2D eigenvalue weighted by molar-refractivity contribution is -0.115. The average Bonchev–Trinajstić information content (AvgIpc) is 2.70. The monoisotopic (exact) mass is 457 g/mol. The Hall–Kier alpha value is -2.86. The first-order chi connectivity index (χ1) is 14.0. The van der Waals surface area contributed by atoms with E-state index in [1.54, 1.807) is 6.07 Å². The van der Waals surface area contributed by atoms with Crippen molar-refractivity contribution in [2.75, 3.05) is 18.4 Å². The highest BCUT2D eigenvalue weighted by molar-refractivity contribution is 6.07. The molecule has 0 spiro atoms. The molecule has 5 nitrogen and oxygen atoms in total. The van der Waals surface area contributed by atoms with Crippen LogP contribution in [0, 0.1) is 0 Å². The molecule has 0 heterocycles. The van der Waals surface area contributed by atoms with Gasteiger partial charge in [-0.15, -0.1) is 24.8 Å². The van der Waals surface area contributed by atoms with E-state index in [4.69, 9.17) is 5.73 Å². The molecule has 4 N–H and O–H groups in total. The van der Waals surface area contributed by atoms with Crippen molar-refractivity contribution in [1.82, 2.24) is 5.32 Å². The molecule has 0 saturated carbocycles. The van der Waals surface area contributed by atoms with E-state index in [1.165, 1.54) is 0 Å². The highest BCUT2D eigenvalue weighted by Gasteiger charge is 2.07. The number of halogens is 2. The van der Waals surface area contributed by atoms with E-state index < -0.39 is 5.91 Å². The number of nitrogens with two attached hydrogens (primary N) is 1. The van der Waals surface area contributed by atoms with Crippen LogP contribution in [0.5, 0.6) is 0 Å². The van der Waals surface area contributed by atoms with Gasteiger partial charge in [-0.1, -0.05) is 19.1 Å². The summed E-state index contributed by atoms with van der Waals surface area (Å²) in [5.74, 6) is -0.483. The van der Waals surface area contributed by atoms with Crippen LogP contribution < -0.4 is 16.4 Å². The fourth-order valence-electron chi connectivity index (χ4n) is 3.56. The number of rotatable bonds is 6. The van der Waals surface area contributed by atoms with E-state index in [0.29, 0.717) is 12.1 Å². The summed E-state index contributed by atoms with van der Waals surface area (Å²) in [6.07, 6.45) is 0.992. The van der Waals surface area contributed by atoms with Gasteiger partial charge in [0.2, 0.25) is 11.8 Å². The third-order valence-corrected chi connectivity index (χ3v) is 5.03. The molecule has 4 rings (SSSR count). The maximum Gasteiger partial charge on any atom is 0.248 e. The minimum atomic E-state index is -0.431. The molecule has 0 aliphatic rings. The Morgan fingerprint density at radius 3 is 1.94 bits per heavy atom.